The molecule has 7 nitrogen and oxygen atoms in total. The fourth-order valence-corrected chi connectivity index (χ4v) is 5.14. The molecule has 0 unspecified atom stereocenters. The lowest BCUT2D eigenvalue weighted by atomic mass is 10.1. The number of sulfonamides is 1. The van der Waals surface area contributed by atoms with Crippen LogP contribution in [0.5, 0.6) is 0 Å². The lowest BCUT2D eigenvalue weighted by Crippen LogP contribution is -2.23. The molecule has 8 heteroatoms. The van der Waals surface area contributed by atoms with Crippen LogP contribution in [0.15, 0.2) is 70.5 Å². The van der Waals surface area contributed by atoms with E-state index >= 15 is 0 Å². The Morgan fingerprint density at radius 2 is 1.74 bits per heavy atom. The highest BCUT2D eigenvalue weighted by Gasteiger charge is 2.27. The molecular formula is C23H24N4O3S. The molecule has 2 aromatic carbocycles. The van der Waals surface area contributed by atoms with Crippen LogP contribution >= 0.6 is 0 Å². The zero-order valence-electron chi connectivity index (χ0n) is 17.8. The fourth-order valence-electron chi connectivity index (χ4n) is 3.89. The van der Waals surface area contributed by atoms with Crippen LogP contribution in [0.3, 0.4) is 0 Å². The summed E-state index contributed by atoms with van der Waals surface area (Å²) >= 11 is 0. The highest BCUT2D eigenvalue weighted by Crippen LogP contribution is 2.28. The summed E-state index contributed by atoms with van der Waals surface area (Å²) in [6.45, 7) is 5.74. The first-order valence-electron chi connectivity index (χ1n) is 9.96. The lowest BCUT2D eigenvalue weighted by Gasteiger charge is -2.14. The molecule has 0 saturated carbocycles. The number of nitrogens with one attached hydrogen (secondary N) is 1. The molecule has 0 saturated heterocycles. The quantitative estimate of drug-likeness (QED) is 0.513. The Bertz CT molecular complexity index is 1440. The summed E-state index contributed by atoms with van der Waals surface area (Å²) in [5, 5.41) is 0.724. The van der Waals surface area contributed by atoms with E-state index in [9.17, 15) is 13.2 Å². The zero-order valence-corrected chi connectivity index (χ0v) is 18.6. The highest BCUT2D eigenvalue weighted by atomic mass is 32.2. The molecule has 31 heavy (non-hydrogen) atoms. The first-order chi connectivity index (χ1) is 14.7. The summed E-state index contributed by atoms with van der Waals surface area (Å²) in [4.78, 5) is 17.7. The molecule has 0 aliphatic heterocycles. The van der Waals surface area contributed by atoms with Crippen molar-refractivity contribution in [3.05, 3.63) is 82.4 Å². The normalized spacial score (nSPS) is 11.9. The molecule has 160 valence electrons. The molecule has 0 amide bonds. The van der Waals surface area contributed by atoms with Gasteiger partial charge in [0.1, 0.15) is 10.6 Å². The van der Waals surface area contributed by atoms with E-state index in [1.807, 2.05) is 51.1 Å². The summed E-state index contributed by atoms with van der Waals surface area (Å²) in [7, 11) is -2.30. The maximum absolute atomic E-state index is 13.4. The summed E-state index contributed by atoms with van der Waals surface area (Å²) < 4.78 is 32.5. The molecular weight excluding hydrogens is 412 g/mol. The van der Waals surface area contributed by atoms with Crippen LogP contribution in [0.25, 0.3) is 16.6 Å². The Labute approximate surface area is 181 Å². The maximum atomic E-state index is 13.4. The minimum Gasteiger partial charge on any atom is -0.283 e. The first kappa shape index (κ1) is 20.9. The molecule has 0 radical (unpaired) electrons. The number of fused-ring (bicyclic) bond motifs is 1. The second-order valence-corrected chi connectivity index (χ2v) is 9.49. The van der Waals surface area contributed by atoms with E-state index < -0.39 is 15.6 Å². The summed E-state index contributed by atoms with van der Waals surface area (Å²) in [5.74, 6) is -0.0892. The minimum atomic E-state index is -4.06. The first-order valence-corrected chi connectivity index (χ1v) is 11.4. The maximum Gasteiger partial charge on any atom is 0.296 e. The number of benzene rings is 2. The zero-order chi connectivity index (χ0) is 22.3. The van der Waals surface area contributed by atoms with Crippen LogP contribution < -0.4 is 10.3 Å². The summed E-state index contributed by atoms with van der Waals surface area (Å²) in [5.41, 5.74) is 2.18. The third kappa shape index (κ3) is 3.63. The van der Waals surface area contributed by atoms with E-state index in [1.165, 1.54) is 10.7 Å². The summed E-state index contributed by atoms with van der Waals surface area (Å²) in [6, 6.07) is 16.0. The van der Waals surface area contributed by atoms with Crippen molar-refractivity contribution in [3.63, 3.8) is 0 Å². The molecule has 2 aromatic heterocycles. The van der Waals surface area contributed by atoms with Gasteiger partial charge in [-0.1, -0.05) is 44.2 Å². The van der Waals surface area contributed by atoms with Gasteiger partial charge in [-0.2, -0.15) is 0 Å². The molecule has 4 rings (SSSR count). The second kappa shape index (κ2) is 7.70. The van der Waals surface area contributed by atoms with Gasteiger partial charge in [-0.05, 0) is 42.7 Å². The van der Waals surface area contributed by atoms with Crippen LogP contribution in [0, 0.1) is 6.92 Å². The van der Waals surface area contributed by atoms with Gasteiger partial charge in [0, 0.05) is 18.6 Å². The van der Waals surface area contributed by atoms with Crippen LogP contribution in [0.2, 0.25) is 0 Å². The van der Waals surface area contributed by atoms with Gasteiger partial charge >= 0.3 is 0 Å². The SMILES string of the molecule is Cc1cnc2c(S(=O)(=O)Nc3c(C(C)C)n(C)n(-c4ccccc4)c3=O)cccc2c1. The number of aryl methyl sites for hydroxylation is 1. The Morgan fingerprint density at radius 3 is 2.42 bits per heavy atom. The van der Waals surface area contributed by atoms with Crippen molar-refractivity contribution in [2.24, 2.45) is 7.05 Å². The predicted molar refractivity (Wildman–Crippen MR) is 122 cm³/mol. The number of hydrogen-bond acceptors (Lipinski definition) is 4. The molecule has 0 aliphatic carbocycles. The van der Waals surface area contributed by atoms with E-state index in [4.69, 9.17) is 0 Å². The monoisotopic (exact) mass is 436 g/mol. The van der Waals surface area contributed by atoms with Crippen LogP contribution in [0.1, 0.15) is 31.0 Å². The molecule has 4 aromatic rings. The van der Waals surface area contributed by atoms with Gasteiger partial charge in [-0.3, -0.25) is 19.2 Å². The van der Waals surface area contributed by atoms with E-state index in [1.54, 1.807) is 36.1 Å². The Hall–Kier alpha value is -3.39. The third-order valence-corrected chi connectivity index (χ3v) is 6.58. The Morgan fingerprint density at radius 1 is 1.03 bits per heavy atom. The van der Waals surface area contributed by atoms with Gasteiger partial charge in [0.15, 0.2) is 0 Å². The fraction of sp³-hybridized carbons (Fsp3) is 0.217. The highest BCUT2D eigenvalue weighted by molar-refractivity contribution is 7.93. The Kier molecular flexibility index (Phi) is 5.18. The van der Waals surface area contributed by atoms with E-state index in [0.29, 0.717) is 16.9 Å². The number of rotatable bonds is 5. The van der Waals surface area contributed by atoms with E-state index in [2.05, 4.69) is 9.71 Å². The molecule has 2 heterocycles. The van der Waals surface area contributed by atoms with Gasteiger partial charge in [0.25, 0.3) is 15.6 Å². The molecule has 0 fully saturated rings. The van der Waals surface area contributed by atoms with Crippen molar-refractivity contribution in [3.8, 4) is 5.69 Å². The van der Waals surface area contributed by atoms with Crippen molar-refractivity contribution >= 4 is 26.6 Å². The van der Waals surface area contributed by atoms with Gasteiger partial charge in [0.05, 0.1) is 16.9 Å². The number of pyridine rings is 1. The van der Waals surface area contributed by atoms with Gasteiger partial charge in [-0.15, -0.1) is 0 Å². The van der Waals surface area contributed by atoms with Gasteiger partial charge in [0.2, 0.25) is 0 Å². The van der Waals surface area contributed by atoms with Crippen LogP contribution in [-0.2, 0) is 17.1 Å². The largest absolute Gasteiger partial charge is 0.296 e. The number of aromatic nitrogens is 3. The van der Waals surface area contributed by atoms with Crippen LogP contribution in [0.4, 0.5) is 5.69 Å². The van der Waals surface area contributed by atoms with Crippen molar-refractivity contribution in [1.82, 2.24) is 14.3 Å². The van der Waals surface area contributed by atoms with Crippen molar-refractivity contribution in [2.45, 2.75) is 31.6 Å². The van der Waals surface area contributed by atoms with E-state index in [-0.39, 0.29) is 16.5 Å². The Balaban J connectivity index is 1.89. The van der Waals surface area contributed by atoms with Crippen molar-refractivity contribution < 1.29 is 8.42 Å². The number of anilines is 1. The van der Waals surface area contributed by atoms with Gasteiger partial charge < -0.3 is 0 Å². The second-order valence-electron chi connectivity index (χ2n) is 7.84. The molecule has 0 spiro atoms. The molecule has 1 N–H and O–H groups in total. The summed E-state index contributed by atoms with van der Waals surface area (Å²) in [6.07, 6.45) is 1.63. The average molecular weight is 437 g/mol. The standard InChI is InChI=1S/C23H24N4O3S/c1-15(2)22-21(23(28)27(26(22)4)18-10-6-5-7-11-18)25-31(29,30)19-12-8-9-17-13-16(3)14-24-20(17)19/h5-15,25H,1-4H3. The predicted octanol–water partition coefficient (Wildman–Crippen LogP) is 3.96. The molecule has 0 atom stereocenters. The van der Waals surface area contributed by atoms with Crippen molar-refractivity contribution in [2.75, 3.05) is 4.72 Å². The van der Waals surface area contributed by atoms with E-state index in [0.717, 1.165) is 10.9 Å². The average Bonchev–Trinajstić information content (AvgIpc) is 2.97. The number of nitrogens with zero attached hydrogens (tertiary/aromatic N) is 3. The molecule has 0 bridgehead atoms. The van der Waals surface area contributed by atoms with Crippen LogP contribution in [-0.4, -0.2) is 22.8 Å². The number of para-hydroxylation sites is 2. The van der Waals surface area contributed by atoms with Gasteiger partial charge in [-0.25, -0.2) is 13.1 Å². The van der Waals surface area contributed by atoms with Crippen molar-refractivity contribution in [1.29, 1.82) is 0 Å². The third-order valence-electron chi connectivity index (χ3n) is 5.20. The smallest absolute Gasteiger partial charge is 0.283 e. The molecule has 0 aliphatic rings. The topological polar surface area (TPSA) is 86.0 Å². The minimum absolute atomic E-state index is 0.0363. The lowest BCUT2D eigenvalue weighted by molar-refractivity contribution is 0.594. The number of hydrogen-bond donors (Lipinski definition) is 1.